The Morgan fingerprint density at radius 1 is 1.75 bits per heavy atom. The van der Waals surface area contributed by atoms with E-state index in [1.807, 2.05) is 0 Å². The first-order valence-electron chi connectivity index (χ1n) is 0.885. The summed E-state index contributed by atoms with van der Waals surface area (Å²) in [4.78, 5) is 0. The van der Waals surface area contributed by atoms with E-state index in [4.69, 9.17) is 0 Å². The van der Waals surface area contributed by atoms with Crippen molar-refractivity contribution in [3.05, 3.63) is 12.5 Å². The molecule has 0 aliphatic heterocycles. The number of rotatable bonds is 0. The van der Waals surface area contributed by atoms with Crippen LogP contribution >= 0.6 is 0 Å². The molecule has 2 heteroatoms. The molecule has 0 heterocycles. The Morgan fingerprint density at radius 2 is 2.00 bits per heavy atom. The summed E-state index contributed by atoms with van der Waals surface area (Å²) in [5.74, 6) is 0. The Bertz CT molecular complexity index is 21.2. The van der Waals surface area contributed by atoms with Gasteiger partial charge in [0.1, 0.15) is 6.33 Å². The minimum Gasteiger partial charge on any atom is -0.403 e. The summed E-state index contributed by atoms with van der Waals surface area (Å²) >= 11 is 0. The van der Waals surface area contributed by atoms with Crippen LogP contribution in [-0.2, 0) is 0 Å². The van der Waals surface area contributed by atoms with Gasteiger partial charge >= 0.3 is 0 Å². The molecule has 0 aromatic carbocycles. The third-order valence-electron chi connectivity index (χ3n) is 0.0727. The molecule has 2 N–H and O–H groups in total. The van der Waals surface area contributed by atoms with E-state index in [2.05, 4.69) is 5.73 Å². The maximum Gasteiger partial charge on any atom is 0.102 e. The van der Waals surface area contributed by atoms with Crippen molar-refractivity contribution in [2.24, 2.45) is 5.73 Å². The molecule has 0 saturated heterocycles. The highest BCUT2D eigenvalue weighted by Crippen LogP contribution is 1.55. The fourth-order valence-corrected chi connectivity index (χ4v) is 0. The molecular formula is C2H4FN. The van der Waals surface area contributed by atoms with E-state index in [1.54, 1.807) is 0 Å². The predicted molar refractivity (Wildman–Crippen MR) is 14.4 cm³/mol. The Balaban J connectivity index is 2.55. The lowest BCUT2D eigenvalue weighted by Crippen LogP contribution is -1.69. The summed E-state index contributed by atoms with van der Waals surface area (Å²) in [5.41, 5.74) is 4.47. The molecular weight excluding hydrogens is 57.0 g/mol. The number of hydrogen-bond acceptors (Lipinski definition) is 1. The number of hydrogen-bond donors (Lipinski definition) is 1. The smallest absolute Gasteiger partial charge is 0.102 e. The lowest BCUT2D eigenvalue weighted by Gasteiger charge is -1.50. The van der Waals surface area contributed by atoms with Crippen LogP contribution in [-0.4, -0.2) is 0 Å². The molecule has 0 aliphatic rings. The minimum atomic E-state index is 0.278. The fraction of sp³-hybridized carbons (Fsp3) is 0. The second kappa shape index (κ2) is 2.47. The highest BCUT2D eigenvalue weighted by atomic mass is 19.1. The van der Waals surface area contributed by atoms with Crippen molar-refractivity contribution in [1.82, 2.24) is 0 Å². The van der Waals surface area contributed by atoms with Gasteiger partial charge in [-0.25, -0.2) is 4.39 Å². The fourth-order valence-electron chi connectivity index (χ4n) is 0. The predicted octanol–water partition coefficient (Wildman–Crippen LogP) is 0.386. The molecule has 0 rings (SSSR count). The van der Waals surface area contributed by atoms with Gasteiger partial charge < -0.3 is 5.73 Å². The van der Waals surface area contributed by atoms with Crippen molar-refractivity contribution in [2.45, 2.75) is 0 Å². The summed E-state index contributed by atoms with van der Waals surface area (Å²) in [5, 5.41) is 0. The average molecular weight is 61.1 g/mol. The zero-order chi connectivity index (χ0) is 3.41. The van der Waals surface area contributed by atoms with Crippen LogP contribution in [0.4, 0.5) is 4.39 Å². The van der Waals surface area contributed by atoms with Crippen molar-refractivity contribution >= 4 is 0 Å². The van der Waals surface area contributed by atoms with Crippen molar-refractivity contribution in [2.75, 3.05) is 0 Å². The summed E-state index contributed by atoms with van der Waals surface area (Å²) in [7, 11) is 0. The Kier molecular flexibility index (Phi) is 2.14. The van der Waals surface area contributed by atoms with Gasteiger partial charge in [0.15, 0.2) is 0 Å². The van der Waals surface area contributed by atoms with Crippen molar-refractivity contribution in [3.8, 4) is 0 Å². The first-order chi connectivity index (χ1) is 1.91. The van der Waals surface area contributed by atoms with E-state index >= 15 is 0 Å². The number of halogens is 1. The van der Waals surface area contributed by atoms with E-state index < -0.39 is 0 Å². The van der Waals surface area contributed by atoms with Crippen molar-refractivity contribution < 1.29 is 4.39 Å². The summed E-state index contributed by atoms with van der Waals surface area (Å²) in [6, 6.07) is 0. The summed E-state index contributed by atoms with van der Waals surface area (Å²) in [6.45, 7) is 0. The SMILES string of the molecule is NC=CF. The van der Waals surface area contributed by atoms with Crippen LogP contribution in [0.3, 0.4) is 0 Å². The highest BCUT2D eigenvalue weighted by molar-refractivity contribution is 4.58. The first kappa shape index (κ1) is 3.47. The van der Waals surface area contributed by atoms with Gasteiger partial charge in [-0.1, -0.05) is 0 Å². The van der Waals surface area contributed by atoms with E-state index in [0.717, 1.165) is 6.20 Å². The lowest BCUT2D eigenvalue weighted by molar-refractivity contribution is 0.718. The molecule has 0 bridgehead atoms. The van der Waals surface area contributed by atoms with E-state index in [-0.39, 0.29) is 6.33 Å². The molecule has 1 nitrogen and oxygen atoms in total. The number of nitrogens with two attached hydrogens (primary N) is 1. The molecule has 0 aromatic rings. The maximum atomic E-state index is 10.4. The largest absolute Gasteiger partial charge is 0.403 e. The van der Waals surface area contributed by atoms with E-state index in [1.165, 1.54) is 0 Å². The van der Waals surface area contributed by atoms with Crippen molar-refractivity contribution in [1.29, 1.82) is 0 Å². The van der Waals surface area contributed by atoms with Crippen LogP contribution in [0.25, 0.3) is 0 Å². The van der Waals surface area contributed by atoms with Crippen LogP contribution in [0, 0.1) is 0 Å². The van der Waals surface area contributed by atoms with Crippen LogP contribution < -0.4 is 5.73 Å². The van der Waals surface area contributed by atoms with Gasteiger partial charge in [0, 0.05) is 6.20 Å². The van der Waals surface area contributed by atoms with Crippen LogP contribution in [0.1, 0.15) is 0 Å². The highest BCUT2D eigenvalue weighted by Gasteiger charge is 1.37. The third-order valence-corrected chi connectivity index (χ3v) is 0.0727. The van der Waals surface area contributed by atoms with Gasteiger partial charge in [-0.15, -0.1) is 0 Å². The summed E-state index contributed by atoms with van der Waals surface area (Å²) in [6.07, 6.45) is 1.11. The Morgan fingerprint density at radius 3 is 2.00 bits per heavy atom. The second-order valence-corrected chi connectivity index (χ2v) is 0.318. The molecule has 4 heavy (non-hydrogen) atoms. The molecule has 0 radical (unpaired) electrons. The quantitative estimate of drug-likeness (QED) is 0.430. The van der Waals surface area contributed by atoms with Crippen LogP contribution in [0.5, 0.6) is 0 Å². The van der Waals surface area contributed by atoms with Gasteiger partial charge in [-0.05, 0) is 0 Å². The minimum absolute atomic E-state index is 0.278. The Hall–Kier alpha value is -0.530. The Labute approximate surface area is 23.9 Å². The normalized spacial score (nSPS) is 9.25. The second-order valence-electron chi connectivity index (χ2n) is 0.318. The van der Waals surface area contributed by atoms with Gasteiger partial charge in [-0.3, -0.25) is 0 Å². The molecule has 0 aromatic heterocycles. The molecule has 0 spiro atoms. The van der Waals surface area contributed by atoms with Crippen LogP contribution in [0.15, 0.2) is 12.5 Å². The van der Waals surface area contributed by atoms with Gasteiger partial charge in [0.2, 0.25) is 0 Å². The average Bonchev–Trinajstić information content (AvgIpc) is 1.37. The lowest BCUT2D eigenvalue weighted by atomic mass is 11.1. The van der Waals surface area contributed by atoms with Gasteiger partial charge in [0.25, 0.3) is 0 Å². The molecule has 0 atom stereocenters. The first-order valence-corrected chi connectivity index (χ1v) is 0.885. The molecule has 0 aliphatic carbocycles. The van der Waals surface area contributed by atoms with E-state index in [9.17, 15) is 4.39 Å². The maximum absolute atomic E-state index is 10.4. The van der Waals surface area contributed by atoms with Crippen molar-refractivity contribution in [3.63, 3.8) is 0 Å². The zero-order valence-electron chi connectivity index (χ0n) is 2.11. The standard InChI is InChI=1S/C2H4FN/c3-1-2-4/h1-2H,4H2. The molecule has 0 fully saturated rings. The molecule has 0 saturated carbocycles. The van der Waals surface area contributed by atoms with Crippen LogP contribution in [0.2, 0.25) is 0 Å². The van der Waals surface area contributed by atoms with Gasteiger partial charge in [-0.2, -0.15) is 0 Å². The van der Waals surface area contributed by atoms with E-state index in [0.29, 0.717) is 0 Å². The molecule has 0 unspecified atom stereocenters. The van der Waals surface area contributed by atoms with Gasteiger partial charge in [0.05, 0.1) is 0 Å². The third kappa shape index (κ3) is 1.47. The molecule has 0 amide bonds. The monoisotopic (exact) mass is 61.0 g/mol. The summed E-state index contributed by atoms with van der Waals surface area (Å²) < 4.78 is 10.4. The zero-order valence-corrected chi connectivity index (χ0v) is 2.11. The topological polar surface area (TPSA) is 26.0 Å². The molecule has 24 valence electrons.